The van der Waals surface area contributed by atoms with E-state index in [2.05, 4.69) is 5.32 Å². The van der Waals surface area contributed by atoms with Crippen LogP contribution in [0.25, 0.3) is 0 Å². The molecule has 1 aromatic carbocycles. The van der Waals surface area contributed by atoms with Gasteiger partial charge in [-0.05, 0) is 13.8 Å². The summed E-state index contributed by atoms with van der Waals surface area (Å²) in [4.78, 5) is 0. The van der Waals surface area contributed by atoms with Gasteiger partial charge in [0.1, 0.15) is 5.76 Å². The Bertz CT molecular complexity index is 356. The van der Waals surface area contributed by atoms with Crippen molar-refractivity contribution in [1.29, 1.82) is 0 Å². The lowest BCUT2D eigenvalue weighted by Gasteiger charge is -2.23. The van der Waals surface area contributed by atoms with E-state index < -0.39 is 5.91 Å². The van der Waals surface area contributed by atoms with E-state index in [1.807, 2.05) is 44.2 Å². The number of hydrogen-bond acceptors (Lipinski definition) is 3. The molecule has 0 fully saturated rings. The summed E-state index contributed by atoms with van der Waals surface area (Å²) in [5.41, 5.74) is 1.56. The van der Waals surface area contributed by atoms with Gasteiger partial charge in [0.05, 0.1) is 5.70 Å². The molecule has 1 aliphatic rings. The fourth-order valence-electron chi connectivity index (χ4n) is 1.46. The van der Waals surface area contributed by atoms with Crippen LogP contribution in [0.15, 0.2) is 41.8 Å². The summed E-state index contributed by atoms with van der Waals surface area (Å²) >= 11 is 0. The van der Waals surface area contributed by atoms with Crippen molar-refractivity contribution < 1.29 is 9.84 Å². The molecule has 14 heavy (non-hydrogen) atoms. The highest BCUT2D eigenvalue weighted by atomic mass is 16.7. The molecule has 1 aromatic rings. The monoisotopic (exact) mass is 191 g/mol. The molecule has 2 rings (SSSR count). The van der Waals surface area contributed by atoms with Gasteiger partial charge in [-0.15, -0.1) is 0 Å². The fourth-order valence-corrected chi connectivity index (χ4v) is 1.46. The van der Waals surface area contributed by atoms with Crippen LogP contribution in [0.5, 0.6) is 0 Å². The van der Waals surface area contributed by atoms with Crippen LogP contribution < -0.4 is 5.32 Å². The van der Waals surface area contributed by atoms with E-state index in [1.165, 1.54) is 0 Å². The SMILES string of the molecule is CC1=C(C)OC(O)(c2ccccc2)N1. The molecular weight excluding hydrogens is 178 g/mol. The summed E-state index contributed by atoms with van der Waals surface area (Å²) in [6.07, 6.45) is 0. The lowest BCUT2D eigenvalue weighted by molar-refractivity contribution is -0.185. The second kappa shape index (κ2) is 3.03. The molecule has 0 amide bonds. The van der Waals surface area contributed by atoms with Gasteiger partial charge in [-0.25, -0.2) is 0 Å². The molecule has 1 unspecified atom stereocenters. The number of hydrogen-bond donors (Lipinski definition) is 2. The first-order valence-electron chi connectivity index (χ1n) is 4.54. The topological polar surface area (TPSA) is 41.5 Å². The first-order valence-corrected chi connectivity index (χ1v) is 4.54. The number of benzene rings is 1. The van der Waals surface area contributed by atoms with Crippen molar-refractivity contribution in [1.82, 2.24) is 5.32 Å². The lowest BCUT2D eigenvalue weighted by Crippen LogP contribution is -2.38. The first kappa shape index (κ1) is 9.09. The number of nitrogens with one attached hydrogen (secondary N) is 1. The maximum atomic E-state index is 10.1. The molecule has 3 heteroatoms. The zero-order valence-electron chi connectivity index (χ0n) is 8.24. The van der Waals surface area contributed by atoms with Gasteiger partial charge in [0.2, 0.25) is 0 Å². The molecule has 1 atom stereocenters. The van der Waals surface area contributed by atoms with Gasteiger partial charge < -0.3 is 15.2 Å². The van der Waals surface area contributed by atoms with Crippen molar-refractivity contribution in [3.8, 4) is 0 Å². The largest absolute Gasteiger partial charge is 0.444 e. The van der Waals surface area contributed by atoms with Crippen molar-refractivity contribution in [3.05, 3.63) is 47.4 Å². The molecule has 0 spiro atoms. The number of ether oxygens (including phenoxy) is 1. The van der Waals surface area contributed by atoms with Gasteiger partial charge >= 0.3 is 5.91 Å². The van der Waals surface area contributed by atoms with Crippen molar-refractivity contribution in [2.24, 2.45) is 0 Å². The Hall–Kier alpha value is -1.48. The molecule has 0 aliphatic carbocycles. The van der Waals surface area contributed by atoms with E-state index in [0.717, 1.165) is 11.5 Å². The number of rotatable bonds is 1. The zero-order chi connectivity index (χ0) is 10.2. The van der Waals surface area contributed by atoms with E-state index in [0.29, 0.717) is 5.56 Å². The molecule has 0 saturated heterocycles. The third-order valence-electron chi connectivity index (χ3n) is 2.35. The Morgan fingerprint density at radius 1 is 1.21 bits per heavy atom. The van der Waals surface area contributed by atoms with Gasteiger partial charge in [-0.3, -0.25) is 0 Å². The van der Waals surface area contributed by atoms with Crippen LogP contribution in [0.3, 0.4) is 0 Å². The number of aliphatic hydroxyl groups is 1. The maximum Gasteiger partial charge on any atom is 0.318 e. The molecule has 0 aromatic heterocycles. The average Bonchev–Trinajstić information content (AvgIpc) is 2.44. The smallest absolute Gasteiger partial charge is 0.318 e. The maximum absolute atomic E-state index is 10.1. The minimum Gasteiger partial charge on any atom is -0.444 e. The van der Waals surface area contributed by atoms with Crippen LogP contribution >= 0.6 is 0 Å². The van der Waals surface area contributed by atoms with E-state index in [1.54, 1.807) is 0 Å². The van der Waals surface area contributed by atoms with Crippen molar-refractivity contribution in [2.45, 2.75) is 19.8 Å². The number of allylic oxidation sites excluding steroid dienone is 2. The normalized spacial score (nSPS) is 25.9. The van der Waals surface area contributed by atoms with Crippen LogP contribution in [0.1, 0.15) is 19.4 Å². The minimum atomic E-state index is -1.39. The summed E-state index contributed by atoms with van der Waals surface area (Å²) in [6.45, 7) is 3.69. The Balaban J connectivity index is 2.30. The predicted octanol–water partition coefficient (Wildman–Crippen LogP) is 1.66. The standard InChI is InChI=1S/C11H13NO2/c1-8-9(2)14-11(13,12-8)10-6-4-3-5-7-10/h3-7,12-13H,1-2H3. The van der Waals surface area contributed by atoms with Gasteiger partial charge in [0.15, 0.2) is 0 Å². The van der Waals surface area contributed by atoms with E-state index >= 15 is 0 Å². The lowest BCUT2D eigenvalue weighted by atomic mass is 10.1. The summed E-state index contributed by atoms with van der Waals surface area (Å²) in [6, 6.07) is 9.26. The second-order valence-electron chi connectivity index (χ2n) is 3.42. The van der Waals surface area contributed by atoms with Crippen LogP contribution in [0.2, 0.25) is 0 Å². The third-order valence-corrected chi connectivity index (χ3v) is 2.35. The first-order chi connectivity index (χ1) is 6.62. The van der Waals surface area contributed by atoms with E-state index in [9.17, 15) is 5.11 Å². The quantitative estimate of drug-likeness (QED) is 0.709. The molecule has 74 valence electrons. The van der Waals surface area contributed by atoms with Crippen molar-refractivity contribution in [3.63, 3.8) is 0 Å². The molecule has 3 nitrogen and oxygen atoms in total. The molecule has 0 bridgehead atoms. The highest BCUT2D eigenvalue weighted by Crippen LogP contribution is 2.29. The molecule has 0 saturated carbocycles. The highest BCUT2D eigenvalue weighted by molar-refractivity contribution is 5.24. The average molecular weight is 191 g/mol. The summed E-state index contributed by atoms with van der Waals surface area (Å²) in [5.74, 6) is -0.675. The van der Waals surface area contributed by atoms with E-state index in [-0.39, 0.29) is 0 Å². The molecule has 1 heterocycles. The molecular formula is C11H13NO2. The summed E-state index contributed by atoms with van der Waals surface area (Å²) in [7, 11) is 0. The fraction of sp³-hybridized carbons (Fsp3) is 0.273. The Morgan fingerprint density at radius 3 is 2.36 bits per heavy atom. The van der Waals surface area contributed by atoms with Crippen LogP contribution in [0.4, 0.5) is 0 Å². The van der Waals surface area contributed by atoms with Crippen molar-refractivity contribution >= 4 is 0 Å². The molecule has 0 radical (unpaired) electrons. The van der Waals surface area contributed by atoms with Crippen LogP contribution in [0, 0.1) is 0 Å². The highest BCUT2D eigenvalue weighted by Gasteiger charge is 2.37. The second-order valence-corrected chi connectivity index (χ2v) is 3.42. The predicted molar refractivity (Wildman–Crippen MR) is 52.9 cm³/mol. The Morgan fingerprint density at radius 2 is 1.86 bits per heavy atom. The molecule has 2 N–H and O–H groups in total. The van der Waals surface area contributed by atoms with Gasteiger partial charge in [0, 0.05) is 5.56 Å². The minimum absolute atomic E-state index is 0.705. The zero-order valence-corrected chi connectivity index (χ0v) is 8.24. The Labute approximate surface area is 83.0 Å². The van der Waals surface area contributed by atoms with Gasteiger partial charge in [0.25, 0.3) is 0 Å². The molecule has 1 aliphatic heterocycles. The van der Waals surface area contributed by atoms with Crippen molar-refractivity contribution in [2.75, 3.05) is 0 Å². The van der Waals surface area contributed by atoms with Crippen LogP contribution in [-0.2, 0) is 10.6 Å². The van der Waals surface area contributed by atoms with E-state index in [4.69, 9.17) is 4.74 Å². The van der Waals surface area contributed by atoms with Gasteiger partial charge in [-0.1, -0.05) is 30.3 Å². The Kier molecular flexibility index (Phi) is 1.97. The van der Waals surface area contributed by atoms with Gasteiger partial charge in [-0.2, -0.15) is 0 Å². The third kappa shape index (κ3) is 1.36. The summed E-state index contributed by atoms with van der Waals surface area (Å²) in [5, 5.41) is 13.0. The van der Waals surface area contributed by atoms with Crippen LogP contribution in [-0.4, -0.2) is 5.11 Å². The summed E-state index contributed by atoms with van der Waals surface area (Å²) < 4.78 is 5.37.